The van der Waals surface area contributed by atoms with Crippen LogP contribution < -0.4 is 9.04 Å². The summed E-state index contributed by atoms with van der Waals surface area (Å²) >= 11 is 3.10. The summed E-state index contributed by atoms with van der Waals surface area (Å²) in [5.74, 6) is 0.576. The van der Waals surface area contributed by atoms with Crippen molar-refractivity contribution in [3.8, 4) is 5.75 Å². The van der Waals surface area contributed by atoms with Crippen LogP contribution in [0, 0.1) is 0 Å². The number of sulfonamides is 1. The fourth-order valence-electron chi connectivity index (χ4n) is 1.67. The van der Waals surface area contributed by atoms with Gasteiger partial charge in [-0.3, -0.25) is 4.31 Å². The summed E-state index contributed by atoms with van der Waals surface area (Å²) in [6.45, 7) is 0. The monoisotopic (exact) mass is 360 g/mol. The lowest BCUT2D eigenvalue weighted by Crippen LogP contribution is -2.28. The molecule has 108 valence electrons. The number of ether oxygens (including phenoxy) is 1. The molecular formula is C11H13BrN4O3S. The van der Waals surface area contributed by atoms with Crippen molar-refractivity contribution in [2.24, 2.45) is 7.05 Å². The van der Waals surface area contributed by atoms with Crippen LogP contribution in [-0.2, 0) is 17.1 Å². The predicted molar refractivity (Wildman–Crippen MR) is 77.3 cm³/mol. The minimum Gasteiger partial charge on any atom is -0.497 e. The van der Waals surface area contributed by atoms with E-state index in [9.17, 15) is 8.42 Å². The van der Waals surface area contributed by atoms with Gasteiger partial charge in [0.2, 0.25) is 5.03 Å². The molecule has 1 aromatic carbocycles. The van der Waals surface area contributed by atoms with Gasteiger partial charge in [-0.1, -0.05) is 11.3 Å². The van der Waals surface area contributed by atoms with E-state index in [-0.39, 0.29) is 9.63 Å². The number of methoxy groups -OCH3 is 1. The van der Waals surface area contributed by atoms with Crippen molar-refractivity contribution in [3.63, 3.8) is 0 Å². The summed E-state index contributed by atoms with van der Waals surface area (Å²) in [5.41, 5.74) is 0.484. The smallest absolute Gasteiger partial charge is 0.284 e. The Labute approximate surface area is 125 Å². The highest BCUT2D eigenvalue weighted by atomic mass is 79.9. The summed E-state index contributed by atoms with van der Waals surface area (Å²) in [5, 5.41) is 7.36. The highest BCUT2D eigenvalue weighted by Crippen LogP contribution is 2.27. The molecule has 20 heavy (non-hydrogen) atoms. The molecule has 0 fully saturated rings. The summed E-state index contributed by atoms with van der Waals surface area (Å²) in [6.07, 6.45) is 0. The van der Waals surface area contributed by atoms with E-state index in [4.69, 9.17) is 4.74 Å². The lowest BCUT2D eigenvalue weighted by molar-refractivity contribution is 0.415. The van der Waals surface area contributed by atoms with E-state index in [2.05, 4.69) is 26.2 Å². The molecule has 0 N–H and O–H groups in total. The van der Waals surface area contributed by atoms with Gasteiger partial charge in [-0.25, -0.2) is 4.68 Å². The zero-order valence-corrected chi connectivity index (χ0v) is 13.5. The van der Waals surface area contributed by atoms with Crippen molar-refractivity contribution >= 4 is 31.6 Å². The first-order valence-electron chi connectivity index (χ1n) is 5.56. The van der Waals surface area contributed by atoms with Crippen molar-refractivity contribution < 1.29 is 13.2 Å². The highest BCUT2D eigenvalue weighted by Gasteiger charge is 2.29. The second-order valence-corrected chi connectivity index (χ2v) is 6.62. The molecule has 0 aliphatic rings. The maximum atomic E-state index is 12.6. The molecular weight excluding hydrogens is 348 g/mol. The molecule has 0 spiro atoms. The van der Waals surface area contributed by atoms with Crippen LogP contribution in [0.4, 0.5) is 5.69 Å². The maximum absolute atomic E-state index is 12.6. The number of anilines is 1. The van der Waals surface area contributed by atoms with Crippen molar-refractivity contribution in [3.05, 3.63) is 28.9 Å². The van der Waals surface area contributed by atoms with Gasteiger partial charge in [0.25, 0.3) is 10.0 Å². The van der Waals surface area contributed by atoms with Gasteiger partial charge in [0.1, 0.15) is 5.75 Å². The van der Waals surface area contributed by atoms with Crippen LogP contribution in [0.15, 0.2) is 33.9 Å². The molecule has 0 aliphatic heterocycles. The van der Waals surface area contributed by atoms with Crippen LogP contribution in [0.3, 0.4) is 0 Å². The lowest BCUT2D eigenvalue weighted by atomic mass is 10.3. The zero-order valence-electron chi connectivity index (χ0n) is 11.1. The average molecular weight is 361 g/mol. The van der Waals surface area contributed by atoms with Crippen LogP contribution in [0.25, 0.3) is 0 Å². The molecule has 1 heterocycles. The first-order chi connectivity index (χ1) is 9.37. The number of aromatic nitrogens is 3. The third-order valence-electron chi connectivity index (χ3n) is 2.76. The van der Waals surface area contributed by atoms with E-state index >= 15 is 0 Å². The largest absolute Gasteiger partial charge is 0.497 e. The molecule has 0 radical (unpaired) electrons. The number of nitrogens with zero attached hydrogens (tertiary/aromatic N) is 4. The van der Waals surface area contributed by atoms with Crippen molar-refractivity contribution in [1.82, 2.24) is 15.0 Å². The topological polar surface area (TPSA) is 77.3 Å². The fraction of sp³-hybridized carbons (Fsp3) is 0.273. The van der Waals surface area contributed by atoms with E-state index in [1.54, 1.807) is 24.3 Å². The van der Waals surface area contributed by atoms with Gasteiger partial charge in [0, 0.05) is 20.2 Å². The van der Waals surface area contributed by atoms with Gasteiger partial charge in [-0.2, -0.15) is 8.42 Å². The molecule has 2 rings (SSSR count). The van der Waals surface area contributed by atoms with Gasteiger partial charge in [-0.15, -0.1) is 5.10 Å². The standard InChI is InChI=1S/C11H13BrN4O3S/c1-15-11(10(12)13-14-15)20(17,18)16(2)8-5-4-6-9(7-8)19-3/h4-7H,1-3H3. The minimum atomic E-state index is -3.77. The van der Waals surface area contributed by atoms with Crippen LogP contribution in [-0.4, -0.2) is 37.6 Å². The van der Waals surface area contributed by atoms with E-state index in [0.717, 1.165) is 4.31 Å². The number of aryl methyl sites for hydroxylation is 1. The van der Waals surface area contributed by atoms with Gasteiger partial charge >= 0.3 is 0 Å². The number of benzene rings is 1. The predicted octanol–water partition coefficient (Wildman–Crippen LogP) is 1.41. The van der Waals surface area contributed by atoms with Gasteiger partial charge < -0.3 is 4.74 Å². The van der Waals surface area contributed by atoms with E-state index in [1.165, 1.54) is 25.9 Å². The Hall–Kier alpha value is -1.61. The van der Waals surface area contributed by atoms with Gasteiger partial charge in [0.15, 0.2) is 4.60 Å². The minimum absolute atomic E-state index is 0.0113. The third-order valence-corrected chi connectivity index (χ3v) is 5.43. The fourth-order valence-corrected chi connectivity index (χ4v) is 3.89. The van der Waals surface area contributed by atoms with Crippen molar-refractivity contribution in [2.75, 3.05) is 18.5 Å². The number of hydrogen-bond acceptors (Lipinski definition) is 5. The summed E-state index contributed by atoms with van der Waals surface area (Å²) < 4.78 is 32.8. The Balaban J connectivity index is 2.49. The molecule has 1 aromatic heterocycles. The summed E-state index contributed by atoms with van der Waals surface area (Å²) in [4.78, 5) is 0. The molecule has 0 aliphatic carbocycles. The Morgan fingerprint density at radius 1 is 1.40 bits per heavy atom. The molecule has 2 aromatic rings. The van der Waals surface area contributed by atoms with Crippen LogP contribution in [0.5, 0.6) is 5.75 Å². The highest BCUT2D eigenvalue weighted by molar-refractivity contribution is 9.10. The van der Waals surface area contributed by atoms with E-state index < -0.39 is 10.0 Å². The molecule has 0 atom stereocenters. The Bertz CT molecular complexity index is 710. The van der Waals surface area contributed by atoms with E-state index in [0.29, 0.717) is 11.4 Å². The summed E-state index contributed by atoms with van der Waals surface area (Å²) in [7, 11) is 0.737. The van der Waals surface area contributed by atoms with Crippen molar-refractivity contribution in [1.29, 1.82) is 0 Å². The molecule has 0 saturated heterocycles. The third kappa shape index (κ3) is 2.50. The SMILES string of the molecule is COc1cccc(N(C)S(=O)(=O)c2c(Br)nnn2C)c1. The lowest BCUT2D eigenvalue weighted by Gasteiger charge is -2.19. The number of halogens is 1. The van der Waals surface area contributed by atoms with Gasteiger partial charge in [-0.05, 0) is 28.1 Å². The molecule has 0 amide bonds. The first-order valence-corrected chi connectivity index (χ1v) is 7.79. The number of rotatable bonds is 4. The average Bonchev–Trinajstić information content (AvgIpc) is 2.77. The van der Waals surface area contributed by atoms with Crippen LogP contribution in [0.2, 0.25) is 0 Å². The molecule has 0 bridgehead atoms. The molecule has 0 unspecified atom stereocenters. The quantitative estimate of drug-likeness (QED) is 0.823. The second kappa shape index (κ2) is 5.41. The Morgan fingerprint density at radius 2 is 2.10 bits per heavy atom. The summed E-state index contributed by atoms with van der Waals surface area (Å²) in [6, 6.07) is 6.77. The Morgan fingerprint density at radius 3 is 2.65 bits per heavy atom. The second-order valence-electron chi connectivity index (χ2n) is 3.98. The van der Waals surface area contributed by atoms with Crippen LogP contribution >= 0.6 is 15.9 Å². The zero-order chi connectivity index (χ0) is 14.9. The first kappa shape index (κ1) is 14.8. The van der Waals surface area contributed by atoms with Gasteiger partial charge in [0.05, 0.1) is 12.8 Å². The van der Waals surface area contributed by atoms with Crippen LogP contribution in [0.1, 0.15) is 0 Å². The molecule has 7 nitrogen and oxygen atoms in total. The Kier molecular flexibility index (Phi) is 4.00. The maximum Gasteiger partial charge on any atom is 0.284 e. The van der Waals surface area contributed by atoms with Crippen molar-refractivity contribution in [2.45, 2.75) is 5.03 Å². The molecule has 9 heteroatoms. The number of hydrogen-bond donors (Lipinski definition) is 0. The van der Waals surface area contributed by atoms with E-state index in [1.807, 2.05) is 0 Å². The normalized spacial score (nSPS) is 11.4. The molecule has 0 saturated carbocycles.